The highest BCUT2D eigenvalue weighted by molar-refractivity contribution is 6.08. The van der Waals surface area contributed by atoms with Gasteiger partial charge in [0.2, 0.25) is 0 Å². The molecule has 3 rings (SSSR count). The van der Waals surface area contributed by atoms with Gasteiger partial charge in [-0.15, -0.1) is 0 Å². The van der Waals surface area contributed by atoms with Gasteiger partial charge in [-0.05, 0) is 12.8 Å². The van der Waals surface area contributed by atoms with Crippen LogP contribution in [-0.4, -0.2) is 31.1 Å². The number of Topliss-reactive ketones (excluding diaryl/α,β-unsaturated/α-hetero) is 1. The summed E-state index contributed by atoms with van der Waals surface area (Å²) in [6.45, 7) is 5.26. The second-order valence-corrected chi connectivity index (χ2v) is 6.70. The summed E-state index contributed by atoms with van der Waals surface area (Å²) in [4.78, 5) is 24.8. The maximum absolute atomic E-state index is 12.5. The Balaban J connectivity index is 1.91. The molecule has 2 aliphatic heterocycles. The molecule has 2 heterocycles. The molecule has 4 heteroatoms. The van der Waals surface area contributed by atoms with Gasteiger partial charge in [0.25, 0.3) is 0 Å². The Morgan fingerprint density at radius 2 is 2.00 bits per heavy atom. The molecule has 0 N–H and O–H groups in total. The summed E-state index contributed by atoms with van der Waals surface area (Å²) in [6.07, 6.45) is 5.27. The van der Waals surface area contributed by atoms with Crippen molar-refractivity contribution in [3.8, 4) is 0 Å². The second-order valence-electron chi connectivity index (χ2n) is 6.70. The molecule has 0 spiro atoms. The van der Waals surface area contributed by atoms with Gasteiger partial charge in [-0.3, -0.25) is 4.79 Å². The lowest BCUT2D eigenvalue weighted by Gasteiger charge is -2.45. The summed E-state index contributed by atoms with van der Waals surface area (Å²) < 4.78 is 11.1. The van der Waals surface area contributed by atoms with Crippen molar-refractivity contribution in [2.45, 2.75) is 58.5 Å². The van der Waals surface area contributed by atoms with Crippen molar-refractivity contribution in [1.82, 2.24) is 0 Å². The first-order valence-corrected chi connectivity index (χ1v) is 8.14. The Morgan fingerprint density at radius 3 is 2.76 bits per heavy atom. The van der Waals surface area contributed by atoms with E-state index < -0.39 is 0 Å². The van der Waals surface area contributed by atoms with E-state index in [1.807, 2.05) is 0 Å². The predicted octanol–water partition coefficient (Wildman–Crippen LogP) is 2.80. The van der Waals surface area contributed by atoms with Crippen LogP contribution in [0.3, 0.4) is 0 Å². The Morgan fingerprint density at radius 1 is 1.19 bits per heavy atom. The van der Waals surface area contributed by atoms with Gasteiger partial charge in [0.05, 0.1) is 13.2 Å². The first kappa shape index (κ1) is 14.8. The van der Waals surface area contributed by atoms with E-state index >= 15 is 0 Å². The first-order chi connectivity index (χ1) is 10.1. The highest BCUT2D eigenvalue weighted by atomic mass is 16.6. The highest BCUT2D eigenvalue weighted by Crippen LogP contribution is 2.54. The molecule has 3 aliphatic rings. The Hall–Kier alpha value is -1.16. The summed E-state index contributed by atoms with van der Waals surface area (Å²) in [5.41, 5.74) is 1.11. The number of esters is 1. The van der Waals surface area contributed by atoms with Crippen LogP contribution in [0, 0.1) is 11.3 Å². The minimum atomic E-state index is -0.316. The van der Waals surface area contributed by atoms with Crippen molar-refractivity contribution in [3.05, 3.63) is 11.1 Å². The lowest BCUT2D eigenvalue weighted by molar-refractivity contribution is -0.172. The first-order valence-electron chi connectivity index (χ1n) is 8.14. The minimum absolute atomic E-state index is 0.139. The zero-order chi connectivity index (χ0) is 15.0. The Kier molecular flexibility index (Phi) is 3.91. The van der Waals surface area contributed by atoms with E-state index in [1.165, 1.54) is 6.42 Å². The lowest BCUT2D eigenvalue weighted by atomic mass is 9.68. The van der Waals surface area contributed by atoms with E-state index in [-0.39, 0.29) is 29.2 Å². The molecule has 1 saturated heterocycles. The molecule has 0 amide bonds. The normalized spacial score (nSPS) is 35.0. The molecule has 116 valence electrons. The van der Waals surface area contributed by atoms with E-state index in [4.69, 9.17) is 9.47 Å². The van der Waals surface area contributed by atoms with Crippen molar-refractivity contribution < 1.29 is 19.1 Å². The molecule has 3 atom stereocenters. The number of rotatable bonds is 5. The molecule has 1 saturated carbocycles. The smallest absolute Gasteiger partial charge is 0.334 e. The molecular formula is C17H24O4. The molecule has 1 aliphatic carbocycles. The number of ether oxygens (including phenoxy) is 2. The average molecular weight is 292 g/mol. The van der Waals surface area contributed by atoms with Crippen molar-refractivity contribution in [1.29, 1.82) is 0 Å². The number of carbonyl (C=O) groups is 2. The topological polar surface area (TPSA) is 52.6 Å². The zero-order valence-electron chi connectivity index (χ0n) is 12.9. The average Bonchev–Trinajstić information content (AvgIpc) is 2.71. The van der Waals surface area contributed by atoms with Crippen LogP contribution in [0.15, 0.2) is 11.1 Å². The number of carbonyl (C=O) groups excluding carboxylic acids is 2. The quantitative estimate of drug-likeness (QED) is 0.577. The third kappa shape index (κ3) is 2.24. The minimum Gasteiger partial charge on any atom is -0.456 e. The van der Waals surface area contributed by atoms with Crippen LogP contribution in [0.4, 0.5) is 0 Å². The van der Waals surface area contributed by atoms with Crippen LogP contribution in [0.5, 0.6) is 0 Å². The van der Waals surface area contributed by atoms with Gasteiger partial charge in [0.1, 0.15) is 6.10 Å². The third-order valence-electron chi connectivity index (χ3n) is 5.43. The third-order valence-corrected chi connectivity index (χ3v) is 5.43. The van der Waals surface area contributed by atoms with Crippen LogP contribution in [0.1, 0.15) is 52.4 Å². The summed E-state index contributed by atoms with van der Waals surface area (Å²) in [6, 6.07) is 0. The number of unbranched alkanes of at least 4 members (excludes halogenated alkanes) is 3. The SMILES string of the molecule is CCCCCCC1=C2C(=O)C[C@H]3COC[C@@H](OC1=O)[C@@]23C. The zero-order valence-corrected chi connectivity index (χ0v) is 12.9. The van der Waals surface area contributed by atoms with Crippen LogP contribution < -0.4 is 0 Å². The summed E-state index contributed by atoms with van der Waals surface area (Å²) in [7, 11) is 0. The fourth-order valence-corrected chi connectivity index (χ4v) is 4.10. The molecule has 21 heavy (non-hydrogen) atoms. The monoisotopic (exact) mass is 292 g/mol. The van der Waals surface area contributed by atoms with Crippen LogP contribution in [0.2, 0.25) is 0 Å². The van der Waals surface area contributed by atoms with Crippen LogP contribution in [0.25, 0.3) is 0 Å². The fourth-order valence-electron chi connectivity index (χ4n) is 4.10. The van der Waals surface area contributed by atoms with Crippen LogP contribution in [-0.2, 0) is 19.1 Å². The summed E-state index contributed by atoms with van der Waals surface area (Å²) in [5, 5.41) is 0. The Labute approximate surface area is 125 Å². The summed E-state index contributed by atoms with van der Waals surface area (Å²) >= 11 is 0. The summed E-state index contributed by atoms with van der Waals surface area (Å²) in [5.74, 6) is 0.0149. The van der Waals surface area contributed by atoms with E-state index in [2.05, 4.69) is 13.8 Å². The van der Waals surface area contributed by atoms with Crippen molar-refractivity contribution in [2.24, 2.45) is 11.3 Å². The molecule has 0 unspecified atom stereocenters. The largest absolute Gasteiger partial charge is 0.456 e. The van der Waals surface area contributed by atoms with Gasteiger partial charge < -0.3 is 9.47 Å². The standard InChI is InChI=1S/C17H24O4/c1-3-4-5-6-7-12-15-13(18)8-11-9-20-10-14(17(11,15)2)21-16(12)19/h11,14H,3-10H2,1-2H3/t11-,14+,17-/m0/s1. The van der Waals surface area contributed by atoms with Crippen molar-refractivity contribution in [3.63, 3.8) is 0 Å². The molecular weight excluding hydrogens is 268 g/mol. The van der Waals surface area contributed by atoms with E-state index in [0.29, 0.717) is 31.6 Å². The number of hydrogen-bond donors (Lipinski definition) is 0. The molecule has 0 aromatic rings. The molecule has 4 nitrogen and oxygen atoms in total. The van der Waals surface area contributed by atoms with E-state index in [1.54, 1.807) is 0 Å². The van der Waals surface area contributed by atoms with Gasteiger partial charge in [-0.2, -0.15) is 0 Å². The lowest BCUT2D eigenvalue weighted by Crippen LogP contribution is -2.52. The molecule has 2 fully saturated rings. The van der Waals surface area contributed by atoms with Gasteiger partial charge in [-0.1, -0.05) is 33.1 Å². The van der Waals surface area contributed by atoms with Crippen molar-refractivity contribution >= 4 is 11.8 Å². The number of ketones is 1. The van der Waals surface area contributed by atoms with Gasteiger partial charge in [-0.25, -0.2) is 4.79 Å². The maximum atomic E-state index is 12.5. The molecule has 0 radical (unpaired) electrons. The van der Waals surface area contributed by atoms with Gasteiger partial charge in [0, 0.05) is 28.9 Å². The fraction of sp³-hybridized carbons (Fsp3) is 0.765. The van der Waals surface area contributed by atoms with Gasteiger partial charge in [0.15, 0.2) is 5.78 Å². The van der Waals surface area contributed by atoms with Gasteiger partial charge >= 0.3 is 5.97 Å². The molecule has 0 bridgehead atoms. The molecule has 0 aromatic heterocycles. The molecule has 0 aromatic carbocycles. The van der Waals surface area contributed by atoms with E-state index in [9.17, 15) is 9.59 Å². The maximum Gasteiger partial charge on any atom is 0.334 e. The highest BCUT2D eigenvalue weighted by Gasteiger charge is 2.59. The number of hydrogen-bond acceptors (Lipinski definition) is 4. The van der Waals surface area contributed by atoms with Crippen molar-refractivity contribution in [2.75, 3.05) is 13.2 Å². The van der Waals surface area contributed by atoms with E-state index in [0.717, 1.165) is 24.8 Å². The second kappa shape index (κ2) is 5.56. The van der Waals surface area contributed by atoms with Crippen LogP contribution >= 0.6 is 0 Å². The predicted molar refractivity (Wildman–Crippen MR) is 77.7 cm³/mol. The Bertz CT molecular complexity index is 493.